The zero-order valence-corrected chi connectivity index (χ0v) is 8.11. The van der Waals surface area contributed by atoms with Crippen molar-refractivity contribution in [3.63, 3.8) is 0 Å². The lowest BCUT2D eigenvalue weighted by atomic mass is 9.99. The molecule has 0 aromatic heterocycles. The number of rotatable bonds is 3. The summed E-state index contributed by atoms with van der Waals surface area (Å²) in [6.45, 7) is 3.87. The van der Waals surface area contributed by atoms with Crippen molar-refractivity contribution in [1.29, 1.82) is 5.41 Å². The maximum absolute atomic E-state index is 10.5. The SMILES string of the molecule is CCOC1C=CC([N+](=O)[O-])=C(C)C1=N. The van der Waals surface area contributed by atoms with Crippen molar-refractivity contribution in [2.24, 2.45) is 0 Å². The molecular weight excluding hydrogens is 184 g/mol. The second-order valence-electron chi connectivity index (χ2n) is 2.92. The number of nitro groups is 1. The van der Waals surface area contributed by atoms with Gasteiger partial charge < -0.3 is 10.1 Å². The highest BCUT2D eigenvalue weighted by Gasteiger charge is 2.25. The quantitative estimate of drug-likeness (QED) is 0.549. The van der Waals surface area contributed by atoms with Crippen molar-refractivity contribution >= 4 is 5.71 Å². The Morgan fingerprint density at radius 3 is 2.86 bits per heavy atom. The Bertz CT molecular complexity index is 331. The van der Waals surface area contributed by atoms with E-state index in [4.69, 9.17) is 10.1 Å². The molecule has 76 valence electrons. The normalized spacial score (nSPS) is 21.6. The fourth-order valence-electron chi connectivity index (χ4n) is 1.27. The molecular formula is C9H12N2O3. The lowest BCUT2D eigenvalue weighted by molar-refractivity contribution is -0.419. The fourth-order valence-corrected chi connectivity index (χ4v) is 1.27. The number of hydrogen-bond donors (Lipinski definition) is 1. The number of hydrogen-bond acceptors (Lipinski definition) is 4. The van der Waals surface area contributed by atoms with Crippen molar-refractivity contribution < 1.29 is 9.66 Å². The first-order valence-corrected chi connectivity index (χ1v) is 4.31. The molecule has 0 amide bonds. The Hall–Kier alpha value is -1.49. The molecule has 5 heteroatoms. The molecule has 1 unspecified atom stereocenters. The van der Waals surface area contributed by atoms with E-state index in [9.17, 15) is 10.1 Å². The Morgan fingerprint density at radius 2 is 2.36 bits per heavy atom. The first-order chi connectivity index (χ1) is 6.57. The highest BCUT2D eigenvalue weighted by atomic mass is 16.6. The molecule has 0 spiro atoms. The standard InChI is InChI=1S/C9H12N2O3/c1-3-14-8-5-4-7(11(12)13)6(2)9(8)10/h4-5,8,10H,3H2,1-2H3. The van der Waals surface area contributed by atoms with Crippen LogP contribution in [0.2, 0.25) is 0 Å². The topological polar surface area (TPSA) is 76.2 Å². The maximum Gasteiger partial charge on any atom is 0.274 e. The molecule has 1 aliphatic carbocycles. The Kier molecular flexibility index (Phi) is 3.14. The van der Waals surface area contributed by atoms with Crippen LogP contribution in [0.3, 0.4) is 0 Å². The Labute approximate surface area is 81.7 Å². The highest BCUT2D eigenvalue weighted by Crippen LogP contribution is 2.18. The molecule has 0 heterocycles. The fraction of sp³-hybridized carbons (Fsp3) is 0.444. The summed E-state index contributed by atoms with van der Waals surface area (Å²) < 4.78 is 5.23. The summed E-state index contributed by atoms with van der Waals surface area (Å²) in [6.07, 6.45) is 2.49. The molecule has 0 radical (unpaired) electrons. The molecule has 0 saturated carbocycles. The summed E-state index contributed by atoms with van der Waals surface area (Å²) in [7, 11) is 0. The van der Waals surface area contributed by atoms with E-state index in [1.165, 1.54) is 12.2 Å². The molecule has 0 aromatic carbocycles. The van der Waals surface area contributed by atoms with E-state index in [1.807, 2.05) is 6.92 Å². The van der Waals surface area contributed by atoms with Crippen LogP contribution in [-0.2, 0) is 4.74 Å². The van der Waals surface area contributed by atoms with Crippen molar-refractivity contribution in [3.8, 4) is 0 Å². The highest BCUT2D eigenvalue weighted by molar-refractivity contribution is 6.03. The van der Waals surface area contributed by atoms with E-state index in [0.717, 1.165) is 0 Å². The molecule has 1 atom stereocenters. The Morgan fingerprint density at radius 1 is 1.71 bits per heavy atom. The smallest absolute Gasteiger partial charge is 0.274 e. The summed E-state index contributed by atoms with van der Waals surface area (Å²) in [5.41, 5.74) is 0.517. The van der Waals surface area contributed by atoms with Gasteiger partial charge in [-0.3, -0.25) is 10.1 Å². The summed E-state index contributed by atoms with van der Waals surface area (Å²) in [5.74, 6) is 0. The summed E-state index contributed by atoms with van der Waals surface area (Å²) in [6, 6.07) is 0. The van der Waals surface area contributed by atoms with Gasteiger partial charge in [-0.1, -0.05) is 0 Å². The van der Waals surface area contributed by atoms with E-state index in [1.54, 1.807) is 6.92 Å². The van der Waals surface area contributed by atoms with Gasteiger partial charge in [0, 0.05) is 12.7 Å². The summed E-state index contributed by atoms with van der Waals surface area (Å²) in [4.78, 5) is 10.1. The van der Waals surface area contributed by atoms with Crippen molar-refractivity contribution in [3.05, 3.63) is 33.5 Å². The van der Waals surface area contributed by atoms with Crippen LogP contribution in [0.1, 0.15) is 13.8 Å². The van der Waals surface area contributed by atoms with Crippen LogP contribution < -0.4 is 0 Å². The lowest BCUT2D eigenvalue weighted by Gasteiger charge is -2.17. The van der Waals surface area contributed by atoms with E-state index in [-0.39, 0.29) is 11.4 Å². The van der Waals surface area contributed by atoms with Gasteiger partial charge in [-0.05, 0) is 19.9 Å². The Balaban J connectivity index is 2.93. The third-order valence-electron chi connectivity index (χ3n) is 2.04. The van der Waals surface area contributed by atoms with Gasteiger partial charge in [0.1, 0.15) is 6.10 Å². The molecule has 1 aliphatic rings. The third-order valence-corrected chi connectivity index (χ3v) is 2.04. The molecule has 0 fully saturated rings. The van der Waals surface area contributed by atoms with E-state index >= 15 is 0 Å². The molecule has 0 aliphatic heterocycles. The van der Waals surface area contributed by atoms with Crippen LogP contribution in [0.25, 0.3) is 0 Å². The van der Waals surface area contributed by atoms with E-state index < -0.39 is 11.0 Å². The van der Waals surface area contributed by atoms with Gasteiger partial charge in [-0.15, -0.1) is 0 Å². The molecule has 1 rings (SSSR count). The minimum absolute atomic E-state index is 0.0223. The maximum atomic E-state index is 10.5. The number of allylic oxidation sites excluding steroid dienone is 1. The van der Waals surface area contributed by atoms with Crippen LogP contribution in [-0.4, -0.2) is 23.3 Å². The van der Waals surface area contributed by atoms with E-state index in [2.05, 4.69) is 0 Å². The average molecular weight is 196 g/mol. The monoisotopic (exact) mass is 196 g/mol. The van der Waals surface area contributed by atoms with Crippen molar-refractivity contribution in [2.75, 3.05) is 6.61 Å². The van der Waals surface area contributed by atoms with Gasteiger partial charge in [0.15, 0.2) is 0 Å². The lowest BCUT2D eigenvalue weighted by Crippen LogP contribution is -2.27. The van der Waals surface area contributed by atoms with Gasteiger partial charge >= 0.3 is 0 Å². The first-order valence-electron chi connectivity index (χ1n) is 4.31. The van der Waals surface area contributed by atoms with Gasteiger partial charge in [0.05, 0.1) is 16.2 Å². The molecule has 14 heavy (non-hydrogen) atoms. The van der Waals surface area contributed by atoms with Crippen LogP contribution >= 0.6 is 0 Å². The molecule has 0 aromatic rings. The number of ether oxygens (including phenoxy) is 1. The van der Waals surface area contributed by atoms with Gasteiger partial charge in [-0.2, -0.15) is 0 Å². The molecule has 1 N–H and O–H groups in total. The second kappa shape index (κ2) is 4.15. The number of nitrogens with zero attached hydrogens (tertiary/aromatic N) is 1. The van der Waals surface area contributed by atoms with Crippen LogP contribution in [0.5, 0.6) is 0 Å². The zero-order valence-electron chi connectivity index (χ0n) is 8.11. The van der Waals surface area contributed by atoms with Crippen LogP contribution in [0, 0.1) is 15.5 Å². The van der Waals surface area contributed by atoms with Crippen LogP contribution in [0.15, 0.2) is 23.4 Å². The molecule has 0 saturated heterocycles. The second-order valence-corrected chi connectivity index (χ2v) is 2.92. The van der Waals surface area contributed by atoms with Gasteiger partial charge in [0.2, 0.25) is 0 Å². The van der Waals surface area contributed by atoms with Crippen LogP contribution in [0.4, 0.5) is 0 Å². The van der Waals surface area contributed by atoms with E-state index in [0.29, 0.717) is 12.2 Å². The first kappa shape index (κ1) is 10.6. The average Bonchev–Trinajstić information content (AvgIpc) is 2.13. The number of nitrogens with one attached hydrogen (secondary N) is 1. The summed E-state index contributed by atoms with van der Waals surface area (Å²) in [5, 5.41) is 18.2. The molecule has 5 nitrogen and oxygen atoms in total. The third kappa shape index (κ3) is 1.88. The molecule has 0 bridgehead atoms. The minimum Gasteiger partial charge on any atom is -0.368 e. The van der Waals surface area contributed by atoms with Crippen molar-refractivity contribution in [1.82, 2.24) is 0 Å². The zero-order chi connectivity index (χ0) is 10.7. The predicted molar refractivity (Wildman–Crippen MR) is 52.0 cm³/mol. The van der Waals surface area contributed by atoms with Gasteiger partial charge in [-0.25, -0.2) is 0 Å². The minimum atomic E-state index is -0.484. The van der Waals surface area contributed by atoms with Gasteiger partial charge in [0.25, 0.3) is 5.70 Å². The largest absolute Gasteiger partial charge is 0.368 e. The van der Waals surface area contributed by atoms with Crippen molar-refractivity contribution in [2.45, 2.75) is 20.0 Å². The summed E-state index contributed by atoms with van der Waals surface area (Å²) >= 11 is 0. The predicted octanol–water partition coefficient (Wildman–Crippen LogP) is 1.53.